The highest BCUT2D eigenvalue weighted by atomic mass is 32.2. The van der Waals surface area contributed by atoms with Crippen molar-refractivity contribution in [2.24, 2.45) is 0 Å². The Hall–Kier alpha value is -1.53. The van der Waals surface area contributed by atoms with Gasteiger partial charge in [0.25, 0.3) is 0 Å². The van der Waals surface area contributed by atoms with Crippen LogP contribution in [0.4, 0.5) is 0 Å². The number of benzene rings is 1. The molecule has 0 saturated carbocycles. The van der Waals surface area contributed by atoms with Crippen LogP contribution < -0.4 is 5.32 Å². The van der Waals surface area contributed by atoms with E-state index in [0.717, 1.165) is 30.2 Å². The summed E-state index contributed by atoms with van der Waals surface area (Å²) in [7, 11) is 0. The quantitative estimate of drug-likeness (QED) is 0.860. The number of amides is 1. The molecule has 21 heavy (non-hydrogen) atoms. The van der Waals surface area contributed by atoms with E-state index in [1.165, 1.54) is 6.92 Å². The molecule has 114 valence electrons. The normalized spacial score (nSPS) is 18.7. The molecule has 1 unspecified atom stereocenters. The summed E-state index contributed by atoms with van der Waals surface area (Å²) in [5.74, 6) is 0.711. The standard InChI is InChI=1S/C15H20N2O3S/c1-11(15(19)20)16-14(18)13(12-5-3-2-4-6-12)17-7-9-21-10-8-17/h2-6,11,13H,7-10H2,1H3,(H,16,18)(H,19,20)/t11-,13?/m1/s1. The van der Waals surface area contributed by atoms with Crippen LogP contribution in [0.3, 0.4) is 0 Å². The van der Waals surface area contributed by atoms with E-state index < -0.39 is 18.1 Å². The van der Waals surface area contributed by atoms with Gasteiger partial charge in [-0.25, -0.2) is 0 Å². The number of rotatable bonds is 5. The molecule has 0 aliphatic carbocycles. The zero-order valence-corrected chi connectivity index (χ0v) is 12.8. The molecule has 0 aromatic heterocycles. The van der Waals surface area contributed by atoms with E-state index in [2.05, 4.69) is 10.2 Å². The van der Waals surface area contributed by atoms with E-state index in [9.17, 15) is 9.59 Å². The van der Waals surface area contributed by atoms with Crippen molar-refractivity contribution in [3.63, 3.8) is 0 Å². The van der Waals surface area contributed by atoms with Crippen LogP contribution in [0.25, 0.3) is 0 Å². The Morgan fingerprint density at radius 1 is 1.24 bits per heavy atom. The third kappa shape index (κ3) is 4.22. The molecule has 1 aromatic carbocycles. The second-order valence-electron chi connectivity index (χ2n) is 5.03. The van der Waals surface area contributed by atoms with Gasteiger partial charge in [-0.2, -0.15) is 11.8 Å². The number of carbonyl (C=O) groups is 2. The highest BCUT2D eigenvalue weighted by Crippen LogP contribution is 2.24. The number of thioether (sulfide) groups is 1. The van der Waals surface area contributed by atoms with Crippen LogP contribution in [0.1, 0.15) is 18.5 Å². The van der Waals surface area contributed by atoms with E-state index in [1.807, 2.05) is 42.1 Å². The van der Waals surface area contributed by atoms with Crippen molar-refractivity contribution in [1.82, 2.24) is 10.2 Å². The lowest BCUT2D eigenvalue weighted by Gasteiger charge is -2.34. The van der Waals surface area contributed by atoms with Crippen LogP contribution in [0.2, 0.25) is 0 Å². The highest BCUT2D eigenvalue weighted by molar-refractivity contribution is 7.99. The van der Waals surface area contributed by atoms with Crippen LogP contribution in [0.15, 0.2) is 30.3 Å². The van der Waals surface area contributed by atoms with Gasteiger partial charge in [-0.3, -0.25) is 14.5 Å². The maximum absolute atomic E-state index is 12.5. The first-order valence-electron chi connectivity index (χ1n) is 6.99. The molecule has 1 heterocycles. The van der Waals surface area contributed by atoms with Crippen molar-refractivity contribution in [3.05, 3.63) is 35.9 Å². The minimum absolute atomic E-state index is 0.247. The van der Waals surface area contributed by atoms with Gasteiger partial charge in [-0.1, -0.05) is 30.3 Å². The molecule has 1 aliphatic rings. The van der Waals surface area contributed by atoms with Gasteiger partial charge in [0.05, 0.1) is 0 Å². The molecule has 1 saturated heterocycles. The molecule has 1 amide bonds. The molecule has 6 heteroatoms. The maximum Gasteiger partial charge on any atom is 0.325 e. The van der Waals surface area contributed by atoms with Crippen molar-refractivity contribution in [3.8, 4) is 0 Å². The molecule has 1 aliphatic heterocycles. The monoisotopic (exact) mass is 308 g/mol. The maximum atomic E-state index is 12.5. The number of carbonyl (C=O) groups excluding carboxylic acids is 1. The smallest absolute Gasteiger partial charge is 0.325 e. The Bertz CT molecular complexity index is 489. The number of hydrogen-bond donors (Lipinski definition) is 2. The molecular formula is C15H20N2O3S. The first-order valence-corrected chi connectivity index (χ1v) is 8.15. The zero-order chi connectivity index (χ0) is 15.2. The fourth-order valence-corrected chi connectivity index (χ4v) is 3.28. The van der Waals surface area contributed by atoms with Gasteiger partial charge in [-0.05, 0) is 12.5 Å². The summed E-state index contributed by atoms with van der Waals surface area (Å²) >= 11 is 1.87. The molecule has 2 rings (SSSR count). The van der Waals surface area contributed by atoms with Crippen molar-refractivity contribution in [2.75, 3.05) is 24.6 Å². The van der Waals surface area contributed by atoms with Crippen molar-refractivity contribution >= 4 is 23.6 Å². The van der Waals surface area contributed by atoms with E-state index in [0.29, 0.717) is 0 Å². The fourth-order valence-electron chi connectivity index (χ4n) is 2.35. The summed E-state index contributed by atoms with van der Waals surface area (Å²) in [4.78, 5) is 25.6. The Labute approximate surface area is 128 Å². The summed E-state index contributed by atoms with van der Waals surface area (Å²) in [6, 6.07) is 8.22. The number of nitrogens with one attached hydrogen (secondary N) is 1. The Morgan fingerprint density at radius 3 is 2.43 bits per heavy atom. The van der Waals surface area contributed by atoms with Gasteiger partial charge in [-0.15, -0.1) is 0 Å². The van der Waals surface area contributed by atoms with Crippen LogP contribution >= 0.6 is 11.8 Å². The van der Waals surface area contributed by atoms with Crippen LogP contribution in [0.5, 0.6) is 0 Å². The van der Waals surface area contributed by atoms with E-state index in [1.54, 1.807) is 0 Å². The minimum atomic E-state index is -1.02. The molecule has 0 bridgehead atoms. The van der Waals surface area contributed by atoms with Gasteiger partial charge < -0.3 is 10.4 Å². The number of nitrogens with zero attached hydrogens (tertiary/aromatic N) is 1. The van der Waals surface area contributed by atoms with Gasteiger partial charge in [0.1, 0.15) is 12.1 Å². The summed E-state index contributed by atoms with van der Waals surface area (Å²) < 4.78 is 0. The lowest BCUT2D eigenvalue weighted by molar-refractivity contribution is -0.142. The zero-order valence-electron chi connectivity index (χ0n) is 12.0. The van der Waals surface area contributed by atoms with Gasteiger partial charge in [0.15, 0.2) is 0 Å². The van der Waals surface area contributed by atoms with Crippen molar-refractivity contribution in [2.45, 2.75) is 19.0 Å². The predicted octanol–water partition coefficient (Wildman–Crippen LogP) is 1.37. The Balaban J connectivity index is 2.19. The van der Waals surface area contributed by atoms with E-state index in [-0.39, 0.29) is 5.91 Å². The van der Waals surface area contributed by atoms with Crippen molar-refractivity contribution in [1.29, 1.82) is 0 Å². The summed E-state index contributed by atoms with van der Waals surface area (Å²) in [5, 5.41) is 11.6. The van der Waals surface area contributed by atoms with Crippen LogP contribution in [0, 0.1) is 0 Å². The molecule has 1 fully saturated rings. The Kier molecular flexibility index (Phi) is 5.64. The van der Waals surface area contributed by atoms with E-state index in [4.69, 9.17) is 5.11 Å². The Morgan fingerprint density at radius 2 is 1.86 bits per heavy atom. The van der Waals surface area contributed by atoms with Gasteiger partial charge in [0.2, 0.25) is 5.91 Å². The molecule has 1 aromatic rings. The van der Waals surface area contributed by atoms with Crippen molar-refractivity contribution < 1.29 is 14.7 Å². The highest BCUT2D eigenvalue weighted by Gasteiger charge is 2.30. The number of hydrogen-bond acceptors (Lipinski definition) is 4. The first kappa shape index (κ1) is 15.9. The molecule has 5 nitrogen and oxygen atoms in total. The summed E-state index contributed by atoms with van der Waals surface area (Å²) in [5.41, 5.74) is 0.902. The predicted molar refractivity (Wildman–Crippen MR) is 83.3 cm³/mol. The third-order valence-corrected chi connectivity index (χ3v) is 4.45. The van der Waals surface area contributed by atoms with E-state index >= 15 is 0 Å². The molecule has 2 N–H and O–H groups in total. The summed E-state index contributed by atoms with van der Waals surface area (Å²) in [6.45, 7) is 3.15. The lowest BCUT2D eigenvalue weighted by Crippen LogP contribution is -2.48. The molecule has 0 radical (unpaired) electrons. The van der Waals surface area contributed by atoms with Crippen LogP contribution in [-0.2, 0) is 9.59 Å². The largest absolute Gasteiger partial charge is 0.480 e. The average Bonchev–Trinajstić information content (AvgIpc) is 2.49. The first-order chi connectivity index (χ1) is 10.1. The lowest BCUT2D eigenvalue weighted by atomic mass is 10.0. The number of carboxylic acid groups (broad SMARTS) is 1. The topological polar surface area (TPSA) is 69.6 Å². The number of aliphatic carboxylic acids is 1. The summed E-state index contributed by atoms with van der Waals surface area (Å²) in [6.07, 6.45) is 0. The fraction of sp³-hybridized carbons (Fsp3) is 0.467. The van der Waals surface area contributed by atoms with Crippen LogP contribution in [-0.4, -0.2) is 52.5 Å². The molecule has 2 atom stereocenters. The second-order valence-corrected chi connectivity index (χ2v) is 6.25. The van der Waals surface area contributed by atoms with Gasteiger partial charge >= 0.3 is 5.97 Å². The second kappa shape index (κ2) is 7.47. The molecule has 0 spiro atoms. The minimum Gasteiger partial charge on any atom is -0.480 e. The average molecular weight is 308 g/mol. The SMILES string of the molecule is C[C@@H](NC(=O)C(c1ccccc1)N1CCSCC1)C(=O)O. The third-order valence-electron chi connectivity index (χ3n) is 3.50. The van der Waals surface area contributed by atoms with Gasteiger partial charge in [0, 0.05) is 24.6 Å². The molecular weight excluding hydrogens is 288 g/mol. The number of carboxylic acids is 1.